The summed E-state index contributed by atoms with van der Waals surface area (Å²) in [5, 5.41) is 12.1. The molecular formula is C12H19N5. The second-order valence-electron chi connectivity index (χ2n) is 4.15. The standard InChI is InChI=1S/C12H19N5/c1-4-17-8-6-12(15-17)10(2)13-9-11-5-7-14-16(11)3/h5-8,10,13H,4,9H2,1-3H3. The Balaban J connectivity index is 1.93. The quantitative estimate of drug-likeness (QED) is 0.851. The SMILES string of the molecule is CCn1ccc(C(C)NCc2ccnn2C)n1. The highest BCUT2D eigenvalue weighted by Crippen LogP contribution is 2.10. The van der Waals surface area contributed by atoms with E-state index < -0.39 is 0 Å². The van der Waals surface area contributed by atoms with Gasteiger partial charge >= 0.3 is 0 Å². The molecule has 2 aromatic heterocycles. The molecule has 1 atom stereocenters. The summed E-state index contributed by atoms with van der Waals surface area (Å²) >= 11 is 0. The highest BCUT2D eigenvalue weighted by atomic mass is 15.3. The van der Waals surface area contributed by atoms with Gasteiger partial charge in [0.2, 0.25) is 0 Å². The van der Waals surface area contributed by atoms with Crippen LogP contribution in [0, 0.1) is 0 Å². The summed E-state index contributed by atoms with van der Waals surface area (Å²) in [6.45, 7) is 5.92. The third-order valence-corrected chi connectivity index (χ3v) is 2.94. The molecule has 1 N–H and O–H groups in total. The maximum absolute atomic E-state index is 4.48. The second-order valence-corrected chi connectivity index (χ2v) is 4.15. The van der Waals surface area contributed by atoms with Crippen molar-refractivity contribution >= 4 is 0 Å². The average molecular weight is 233 g/mol. The first-order chi connectivity index (χ1) is 8.20. The molecule has 0 fully saturated rings. The van der Waals surface area contributed by atoms with Crippen LogP contribution in [-0.2, 0) is 20.1 Å². The maximum Gasteiger partial charge on any atom is 0.0791 e. The van der Waals surface area contributed by atoms with Crippen LogP contribution in [-0.4, -0.2) is 19.6 Å². The monoisotopic (exact) mass is 233 g/mol. The van der Waals surface area contributed by atoms with Crippen LogP contribution in [0.2, 0.25) is 0 Å². The van der Waals surface area contributed by atoms with Gasteiger partial charge < -0.3 is 5.32 Å². The molecule has 0 aliphatic heterocycles. The van der Waals surface area contributed by atoms with Gasteiger partial charge in [0.15, 0.2) is 0 Å². The molecule has 17 heavy (non-hydrogen) atoms. The van der Waals surface area contributed by atoms with Crippen molar-refractivity contribution < 1.29 is 0 Å². The normalized spacial score (nSPS) is 12.9. The van der Waals surface area contributed by atoms with E-state index in [4.69, 9.17) is 0 Å². The maximum atomic E-state index is 4.48. The van der Waals surface area contributed by atoms with Gasteiger partial charge in [-0.1, -0.05) is 0 Å². The fourth-order valence-electron chi connectivity index (χ4n) is 1.72. The minimum absolute atomic E-state index is 0.248. The van der Waals surface area contributed by atoms with Gasteiger partial charge in [-0.05, 0) is 26.0 Å². The molecule has 0 amide bonds. The first-order valence-electron chi connectivity index (χ1n) is 5.94. The van der Waals surface area contributed by atoms with E-state index in [1.54, 1.807) is 0 Å². The molecular weight excluding hydrogens is 214 g/mol. The summed E-state index contributed by atoms with van der Waals surface area (Å²) in [4.78, 5) is 0. The number of rotatable bonds is 5. The van der Waals surface area contributed by atoms with Crippen molar-refractivity contribution in [3.8, 4) is 0 Å². The van der Waals surface area contributed by atoms with Crippen molar-refractivity contribution in [1.29, 1.82) is 0 Å². The zero-order valence-electron chi connectivity index (χ0n) is 10.6. The summed E-state index contributed by atoms with van der Waals surface area (Å²) in [6, 6.07) is 4.33. The van der Waals surface area contributed by atoms with Crippen LogP contribution in [0.4, 0.5) is 0 Å². The van der Waals surface area contributed by atoms with Crippen LogP contribution >= 0.6 is 0 Å². The largest absolute Gasteiger partial charge is 0.303 e. The van der Waals surface area contributed by atoms with Crippen molar-refractivity contribution in [2.75, 3.05) is 0 Å². The molecule has 0 aliphatic rings. The van der Waals surface area contributed by atoms with E-state index in [1.807, 2.05) is 34.9 Å². The Morgan fingerprint density at radius 2 is 2.24 bits per heavy atom. The van der Waals surface area contributed by atoms with Crippen LogP contribution in [0.5, 0.6) is 0 Å². The van der Waals surface area contributed by atoms with E-state index in [0.717, 1.165) is 18.8 Å². The molecule has 0 aromatic carbocycles. The Bertz CT molecular complexity index is 471. The number of hydrogen-bond donors (Lipinski definition) is 1. The highest BCUT2D eigenvalue weighted by Gasteiger charge is 2.08. The molecule has 2 aromatic rings. The zero-order valence-corrected chi connectivity index (χ0v) is 10.6. The summed E-state index contributed by atoms with van der Waals surface area (Å²) in [6.07, 6.45) is 3.82. The summed E-state index contributed by atoms with van der Waals surface area (Å²) in [7, 11) is 1.95. The van der Waals surface area contributed by atoms with Gasteiger partial charge in [-0.3, -0.25) is 9.36 Å². The van der Waals surface area contributed by atoms with E-state index in [9.17, 15) is 0 Å². The lowest BCUT2D eigenvalue weighted by Gasteiger charge is -2.11. The molecule has 1 unspecified atom stereocenters. The number of aromatic nitrogens is 4. The molecule has 92 valence electrons. The van der Waals surface area contributed by atoms with Gasteiger partial charge in [-0.15, -0.1) is 0 Å². The first-order valence-corrected chi connectivity index (χ1v) is 5.94. The molecule has 0 bridgehead atoms. The predicted octanol–water partition coefficient (Wildman–Crippen LogP) is 1.49. The number of hydrogen-bond acceptors (Lipinski definition) is 3. The summed E-state index contributed by atoms with van der Waals surface area (Å²) in [5.41, 5.74) is 2.25. The van der Waals surface area contributed by atoms with Crippen molar-refractivity contribution in [2.45, 2.75) is 33.0 Å². The van der Waals surface area contributed by atoms with Crippen molar-refractivity contribution in [2.24, 2.45) is 7.05 Å². The van der Waals surface area contributed by atoms with E-state index in [0.29, 0.717) is 0 Å². The van der Waals surface area contributed by atoms with Gasteiger partial charge in [-0.25, -0.2) is 0 Å². The second kappa shape index (κ2) is 5.14. The topological polar surface area (TPSA) is 47.7 Å². The molecule has 0 saturated heterocycles. The molecule has 2 rings (SSSR count). The summed E-state index contributed by atoms with van der Waals surface area (Å²) < 4.78 is 3.82. The fraction of sp³-hybridized carbons (Fsp3) is 0.500. The van der Waals surface area contributed by atoms with Crippen LogP contribution in [0.1, 0.15) is 31.3 Å². The lowest BCUT2D eigenvalue weighted by Crippen LogP contribution is -2.20. The minimum Gasteiger partial charge on any atom is -0.303 e. The van der Waals surface area contributed by atoms with E-state index in [2.05, 4.69) is 35.4 Å². The molecule has 5 nitrogen and oxygen atoms in total. The minimum atomic E-state index is 0.248. The zero-order chi connectivity index (χ0) is 12.3. The molecule has 2 heterocycles. The summed E-state index contributed by atoms with van der Waals surface area (Å²) in [5.74, 6) is 0. The Hall–Kier alpha value is -1.62. The third-order valence-electron chi connectivity index (χ3n) is 2.94. The van der Waals surface area contributed by atoms with E-state index >= 15 is 0 Å². The Labute approximate surface area is 101 Å². The van der Waals surface area contributed by atoms with Crippen molar-refractivity contribution in [3.05, 3.63) is 35.9 Å². The smallest absolute Gasteiger partial charge is 0.0791 e. The number of nitrogens with one attached hydrogen (secondary N) is 1. The lowest BCUT2D eigenvalue weighted by atomic mass is 10.2. The van der Waals surface area contributed by atoms with E-state index in [-0.39, 0.29) is 6.04 Å². The number of nitrogens with zero attached hydrogens (tertiary/aromatic N) is 4. The van der Waals surface area contributed by atoms with Crippen LogP contribution < -0.4 is 5.32 Å². The van der Waals surface area contributed by atoms with Gasteiger partial charge in [0, 0.05) is 38.6 Å². The van der Waals surface area contributed by atoms with Crippen LogP contribution in [0.25, 0.3) is 0 Å². The Morgan fingerprint density at radius 3 is 2.82 bits per heavy atom. The fourth-order valence-corrected chi connectivity index (χ4v) is 1.72. The Kier molecular flexibility index (Phi) is 3.58. The first kappa shape index (κ1) is 11.9. The van der Waals surface area contributed by atoms with Gasteiger partial charge in [0.25, 0.3) is 0 Å². The molecule has 5 heteroatoms. The molecule has 0 spiro atoms. The van der Waals surface area contributed by atoms with Crippen molar-refractivity contribution in [1.82, 2.24) is 24.9 Å². The van der Waals surface area contributed by atoms with Gasteiger partial charge in [0.1, 0.15) is 0 Å². The highest BCUT2D eigenvalue weighted by molar-refractivity contribution is 5.06. The van der Waals surface area contributed by atoms with Crippen molar-refractivity contribution in [3.63, 3.8) is 0 Å². The Morgan fingerprint density at radius 1 is 1.41 bits per heavy atom. The number of aryl methyl sites for hydroxylation is 2. The molecule has 0 aliphatic carbocycles. The van der Waals surface area contributed by atoms with Crippen LogP contribution in [0.3, 0.4) is 0 Å². The molecule has 0 radical (unpaired) electrons. The lowest BCUT2D eigenvalue weighted by molar-refractivity contribution is 0.525. The van der Waals surface area contributed by atoms with Crippen LogP contribution in [0.15, 0.2) is 24.5 Å². The third kappa shape index (κ3) is 2.74. The van der Waals surface area contributed by atoms with E-state index in [1.165, 1.54) is 5.69 Å². The predicted molar refractivity (Wildman–Crippen MR) is 66.4 cm³/mol. The molecule has 0 saturated carbocycles. The van der Waals surface area contributed by atoms with Gasteiger partial charge in [-0.2, -0.15) is 10.2 Å². The average Bonchev–Trinajstić information content (AvgIpc) is 2.94. The van der Waals surface area contributed by atoms with Gasteiger partial charge in [0.05, 0.1) is 11.4 Å².